The predicted octanol–water partition coefficient (Wildman–Crippen LogP) is 2.95. The van der Waals surface area contributed by atoms with Crippen molar-refractivity contribution in [1.29, 1.82) is 0 Å². The van der Waals surface area contributed by atoms with E-state index < -0.39 is 23.0 Å². The molecule has 0 aliphatic carbocycles. The first kappa shape index (κ1) is 21.9. The average Bonchev–Trinajstić information content (AvgIpc) is 2.77. The molecule has 1 atom stereocenters. The molecule has 0 bridgehead atoms. The smallest absolute Gasteiger partial charge is 0.343 e. The summed E-state index contributed by atoms with van der Waals surface area (Å²) in [4.78, 5) is 31.7. The number of halogens is 2. The summed E-state index contributed by atoms with van der Waals surface area (Å²) < 4.78 is 35.5. The molecule has 1 fully saturated rings. The van der Waals surface area contributed by atoms with Crippen molar-refractivity contribution >= 4 is 22.6 Å². The number of benzene rings is 1. The molecule has 1 aliphatic rings. The van der Waals surface area contributed by atoms with Crippen LogP contribution in [0.5, 0.6) is 0 Å². The number of ether oxygens (including phenoxy) is 1. The van der Waals surface area contributed by atoms with E-state index in [-0.39, 0.29) is 35.0 Å². The van der Waals surface area contributed by atoms with Gasteiger partial charge in [0.1, 0.15) is 23.0 Å². The number of nitrogens with one attached hydrogen (secondary N) is 1. The number of fused-ring (bicyclic) bond motifs is 1. The Balaban J connectivity index is 2.03. The third-order valence-electron chi connectivity index (χ3n) is 5.61. The van der Waals surface area contributed by atoms with Gasteiger partial charge in [0.2, 0.25) is 5.43 Å². The van der Waals surface area contributed by atoms with E-state index in [2.05, 4.69) is 10.3 Å². The fourth-order valence-corrected chi connectivity index (χ4v) is 4.06. The summed E-state index contributed by atoms with van der Waals surface area (Å²) in [6, 6.07) is 4.42. The number of anilines is 1. The molecular formula is C23H24F2N4O3. The Hall–Kier alpha value is -3.33. The lowest BCUT2D eigenvalue weighted by atomic mass is 10.0. The normalized spacial score (nSPS) is 16.4. The molecule has 3 aromatic rings. The Kier molecular flexibility index (Phi) is 5.92. The van der Waals surface area contributed by atoms with Gasteiger partial charge in [0.15, 0.2) is 0 Å². The van der Waals surface area contributed by atoms with E-state index in [1.165, 1.54) is 29.8 Å². The van der Waals surface area contributed by atoms with Crippen LogP contribution < -0.4 is 15.6 Å². The van der Waals surface area contributed by atoms with Crippen LogP contribution >= 0.6 is 0 Å². The van der Waals surface area contributed by atoms with Crippen molar-refractivity contribution in [1.82, 2.24) is 14.9 Å². The molecule has 2 aromatic heterocycles. The van der Waals surface area contributed by atoms with Crippen LogP contribution in [0.2, 0.25) is 0 Å². The van der Waals surface area contributed by atoms with E-state index in [0.29, 0.717) is 30.8 Å². The van der Waals surface area contributed by atoms with E-state index in [9.17, 15) is 14.0 Å². The van der Waals surface area contributed by atoms with Gasteiger partial charge in [-0.1, -0.05) is 0 Å². The molecule has 32 heavy (non-hydrogen) atoms. The van der Waals surface area contributed by atoms with Crippen LogP contribution in [0.4, 0.5) is 14.5 Å². The standard InChI is InChI=1S/C23H24F2N4O3/c1-4-32-23(31)16-12-29(19-6-5-15(24)10-27-19)17-9-18(28-8-7-26-13(2)11-28)21(25)14(3)20(17)22(16)30/h5-6,9-10,12-13,26H,4,7-8,11H2,1-3H3. The fourth-order valence-electron chi connectivity index (χ4n) is 4.06. The second kappa shape index (κ2) is 8.66. The molecule has 0 spiro atoms. The van der Waals surface area contributed by atoms with Crippen molar-refractivity contribution in [2.75, 3.05) is 31.1 Å². The van der Waals surface area contributed by atoms with Gasteiger partial charge in [-0.25, -0.2) is 18.6 Å². The molecule has 4 rings (SSSR count). The second-order valence-corrected chi connectivity index (χ2v) is 7.83. The first-order chi connectivity index (χ1) is 15.3. The zero-order valence-electron chi connectivity index (χ0n) is 18.1. The highest BCUT2D eigenvalue weighted by Gasteiger charge is 2.25. The lowest BCUT2D eigenvalue weighted by Gasteiger charge is -2.34. The third-order valence-corrected chi connectivity index (χ3v) is 5.61. The highest BCUT2D eigenvalue weighted by Crippen LogP contribution is 2.31. The maximum atomic E-state index is 15.5. The largest absolute Gasteiger partial charge is 0.462 e. The number of pyridine rings is 2. The maximum Gasteiger partial charge on any atom is 0.343 e. The van der Waals surface area contributed by atoms with E-state index in [0.717, 1.165) is 6.20 Å². The van der Waals surface area contributed by atoms with Crippen molar-refractivity contribution in [3.05, 3.63) is 63.6 Å². The summed E-state index contributed by atoms with van der Waals surface area (Å²) in [5.41, 5.74) is 0.0189. The quantitative estimate of drug-likeness (QED) is 0.627. The van der Waals surface area contributed by atoms with Crippen LogP contribution in [0.15, 0.2) is 35.4 Å². The van der Waals surface area contributed by atoms with Crippen LogP contribution in [-0.2, 0) is 4.74 Å². The summed E-state index contributed by atoms with van der Waals surface area (Å²) in [5, 5.41) is 3.38. The van der Waals surface area contributed by atoms with Gasteiger partial charge in [0.05, 0.1) is 29.4 Å². The molecular weight excluding hydrogens is 418 g/mol. The molecule has 9 heteroatoms. The summed E-state index contributed by atoms with van der Waals surface area (Å²) in [7, 11) is 0. The molecule has 1 aromatic carbocycles. The minimum Gasteiger partial charge on any atom is -0.462 e. The minimum atomic E-state index is -0.810. The number of aromatic nitrogens is 2. The lowest BCUT2D eigenvalue weighted by molar-refractivity contribution is 0.0524. The highest BCUT2D eigenvalue weighted by molar-refractivity contribution is 5.96. The molecule has 0 amide bonds. The fraction of sp³-hybridized carbons (Fsp3) is 0.348. The maximum absolute atomic E-state index is 15.5. The van der Waals surface area contributed by atoms with Crippen LogP contribution in [0.3, 0.4) is 0 Å². The summed E-state index contributed by atoms with van der Waals surface area (Å²) in [5.74, 6) is -1.56. The zero-order chi connectivity index (χ0) is 23.0. The molecule has 7 nitrogen and oxygen atoms in total. The summed E-state index contributed by atoms with van der Waals surface area (Å²) >= 11 is 0. The predicted molar refractivity (Wildman–Crippen MR) is 118 cm³/mol. The van der Waals surface area contributed by atoms with Gasteiger partial charge < -0.3 is 15.0 Å². The number of aryl methyl sites for hydroxylation is 1. The topological polar surface area (TPSA) is 76.5 Å². The number of nitrogens with zero attached hydrogens (tertiary/aromatic N) is 3. The van der Waals surface area contributed by atoms with E-state index in [1.54, 1.807) is 13.0 Å². The first-order valence-electron chi connectivity index (χ1n) is 10.5. The molecule has 1 unspecified atom stereocenters. The molecule has 0 radical (unpaired) electrons. The third kappa shape index (κ3) is 3.84. The van der Waals surface area contributed by atoms with Gasteiger partial charge in [-0.2, -0.15) is 0 Å². The van der Waals surface area contributed by atoms with Gasteiger partial charge >= 0.3 is 5.97 Å². The monoisotopic (exact) mass is 442 g/mol. The number of hydrogen-bond donors (Lipinski definition) is 1. The lowest BCUT2D eigenvalue weighted by Crippen LogP contribution is -2.49. The van der Waals surface area contributed by atoms with Crippen molar-refractivity contribution in [3.8, 4) is 5.82 Å². The van der Waals surface area contributed by atoms with Crippen molar-refractivity contribution in [3.63, 3.8) is 0 Å². The molecule has 1 aliphatic heterocycles. The SMILES string of the molecule is CCOC(=O)c1cn(-c2ccc(F)cn2)c2cc(N3CCNC(C)C3)c(F)c(C)c2c1=O. The molecule has 1 N–H and O–H groups in total. The van der Waals surface area contributed by atoms with Gasteiger partial charge in [0.25, 0.3) is 0 Å². The van der Waals surface area contributed by atoms with Crippen LogP contribution in [0, 0.1) is 18.6 Å². The Bertz CT molecular complexity index is 1240. The first-order valence-corrected chi connectivity index (χ1v) is 10.5. The Morgan fingerprint density at radius 1 is 1.34 bits per heavy atom. The Morgan fingerprint density at radius 3 is 2.78 bits per heavy atom. The zero-order valence-corrected chi connectivity index (χ0v) is 18.1. The van der Waals surface area contributed by atoms with Crippen LogP contribution in [-0.4, -0.2) is 47.8 Å². The summed E-state index contributed by atoms with van der Waals surface area (Å²) in [6.07, 6.45) is 2.36. The minimum absolute atomic E-state index is 0.0612. The number of piperazine rings is 1. The average molecular weight is 442 g/mol. The number of esters is 1. The molecule has 0 saturated carbocycles. The van der Waals surface area contributed by atoms with E-state index >= 15 is 4.39 Å². The Labute approximate surface area is 183 Å². The van der Waals surface area contributed by atoms with Crippen LogP contribution in [0.1, 0.15) is 29.8 Å². The van der Waals surface area contributed by atoms with Crippen LogP contribution in [0.25, 0.3) is 16.7 Å². The molecule has 168 valence electrons. The molecule has 1 saturated heterocycles. The van der Waals surface area contributed by atoms with Crippen molar-refractivity contribution < 1.29 is 18.3 Å². The number of rotatable bonds is 4. The highest BCUT2D eigenvalue weighted by atomic mass is 19.1. The second-order valence-electron chi connectivity index (χ2n) is 7.83. The number of carbonyl (C=O) groups excluding carboxylic acids is 1. The van der Waals surface area contributed by atoms with E-state index in [1.807, 2.05) is 11.8 Å². The molecule has 3 heterocycles. The summed E-state index contributed by atoms with van der Waals surface area (Å²) in [6.45, 7) is 7.15. The number of hydrogen-bond acceptors (Lipinski definition) is 6. The van der Waals surface area contributed by atoms with Gasteiger partial charge in [0, 0.05) is 37.4 Å². The number of carbonyl (C=O) groups is 1. The van der Waals surface area contributed by atoms with Gasteiger partial charge in [-0.05, 0) is 39.0 Å². The van der Waals surface area contributed by atoms with E-state index in [4.69, 9.17) is 4.74 Å². The van der Waals surface area contributed by atoms with Crippen molar-refractivity contribution in [2.45, 2.75) is 26.8 Å². The Morgan fingerprint density at radius 2 is 2.12 bits per heavy atom. The van der Waals surface area contributed by atoms with Gasteiger partial charge in [-0.15, -0.1) is 0 Å². The van der Waals surface area contributed by atoms with Crippen molar-refractivity contribution in [2.24, 2.45) is 0 Å². The van der Waals surface area contributed by atoms with Gasteiger partial charge in [-0.3, -0.25) is 9.36 Å².